The lowest BCUT2D eigenvalue weighted by atomic mass is 10.1. The third kappa shape index (κ3) is 4.58. The summed E-state index contributed by atoms with van der Waals surface area (Å²) in [6, 6.07) is 8.31. The van der Waals surface area contributed by atoms with Crippen molar-refractivity contribution < 1.29 is 18.9 Å². The van der Waals surface area contributed by atoms with Crippen LogP contribution >= 0.6 is 11.6 Å². The summed E-state index contributed by atoms with van der Waals surface area (Å²) < 4.78 is 26.9. The summed E-state index contributed by atoms with van der Waals surface area (Å²) in [4.78, 5) is 26.0. The molecule has 4 heterocycles. The normalized spacial score (nSPS) is 25.8. The zero-order valence-corrected chi connectivity index (χ0v) is 18.6. The van der Waals surface area contributed by atoms with Crippen molar-refractivity contribution in [3.8, 4) is 5.75 Å². The summed E-state index contributed by atoms with van der Waals surface area (Å²) in [6.07, 6.45) is 0.942. The van der Waals surface area contributed by atoms with Crippen molar-refractivity contribution in [3.05, 3.63) is 74.3 Å². The molecule has 2 aliphatic rings. The number of halogens is 1. The molecule has 174 valence electrons. The summed E-state index contributed by atoms with van der Waals surface area (Å²) in [5.74, 6) is -0.176. The van der Waals surface area contributed by atoms with Crippen LogP contribution in [0.15, 0.2) is 52.3 Å². The predicted octanol–water partition coefficient (Wildman–Crippen LogP) is 1.48. The van der Waals surface area contributed by atoms with E-state index in [1.165, 1.54) is 16.8 Å². The van der Waals surface area contributed by atoms with Crippen LogP contribution < -0.4 is 16.0 Å². The second-order valence-corrected chi connectivity index (χ2v) is 8.76. The Morgan fingerprint density at radius 2 is 1.91 bits per heavy atom. The molecule has 0 radical (unpaired) electrons. The minimum atomic E-state index is -0.846. The smallest absolute Gasteiger partial charge is 0.330 e. The minimum absolute atomic E-state index is 0.237. The van der Waals surface area contributed by atoms with Crippen LogP contribution in [0.1, 0.15) is 25.8 Å². The van der Waals surface area contributed by atoms with Crippen LogP contribution in [-0.2, 0) is 27.4 Å². The molecule has 33 heavy (non-hydrogen) atoms. The van der Waals surface area contributed by atoms with Crippen molar-refractivity contribution in [1.82, 2.24) is 24.5 Å². The van der Waals surface area contributed by atoms with Gasteiger partial charge < -0.3 is 18.9 Å². The molecule has 0 saturated carbocycles. The number of ether oxygens (including phenoxy) is 4. The molecule has 4 atom stereocenters. The van der Waals surface area contributed by atoms with E-state index in [-0.39, 0.29) is 6.61 Å². The van der Waals surface area contributed by atoms with Gasteiger partial charge in [0.1, 0.15) is 36.4 Å². The van der Waals surface area contributed by atoms with Gasteiger partial charge in [-0.3, -0.25) is 14.3 Å². The SMILES string of the molecule is CC1(C)O[C@@H]2[C@H](O1)[C@@H](Cn1cc(COc3ccc(Cl)cc3)nn1)O[C@H]2n1ccc(=O)[nH]c1=O. The highest BCUT2D eigenvalue weighted by Gasteiger charge is 2.56. The molecule has 0 unspecified atom stereocenters. The largest absolute Gasteiger partial charge is 0.487 e. The number of rotatable bonds is 6. The number of hydrogen-bond acceptors (Lipinski definition) is 8. The van der Waals surface area contributed by atoms with Crippen molar-refractivity contribution in [2.75, 3.05) is 0 Å². The summed E-state index contributed by atoms with van der Waals surface area (Å²) in [6.45, 7) is 4.16. The van der Waals surface area contributed by atoms with E-state index in [4.69, 9.17) is 30.5 Å². The molecule has 2 aromatic heterocycles. The number of aromatic nitrogens is 5. The summed E-state index contributed by atoms with van der Waals surface area (Å²) in [7, 11) is 0. The van der Waals surface area contributed by atoms with E-state index in [9.17, 15) is 9.59 Å². The van der Waals surface area contributed by atoms with Gasteiger partial charge in [-0.1, -0.05) is 16.8 Å². The third-order valence-corrected chi connectivity index (χ3v) is 5.66. The van der Waals surface area contributed by atoms with E-state index in [2.05, 4.69) is 15.3 Å². The second kappa shape index (κ2) is 8.41. The van der Waals surface area contributed by atoms with Crippen molar-refractivity contribution in [1.29, 1.82) is 0 Å². The maximum atomic E-state index is 12.3. The van der Waals surface area contributed by atoms with Gasteiger partial charge in [0.2, 0.25) is 0 Å². The van der Waals surface area contributed by atoms with Crippen LogP contribution in [0.4, 0.5) is 0 Å². The van der Waals surface area contributed by atoms with E-state index >= 15 is 0 Å². The number of nitrogens with one attached hydrogen (secondary N) is 1. The fourth-order valence-electron chi connectivity index (χ4n) is 4.02. The van der Waals surface area contributed by atoms with Gasteiger partial charge in [0.15, 0.2) is 12.0 Å². The average molecular weight is 476 g/mol. The lowest BCUT2D eigenvalue weighted by Crippen LogP contribution is -2.37. The molecule has 0 spiro atoms. The standard InChI is InChI=1S/C21H22ClN5O6/c1-21(2)32-17-15(31-19(18(17)33-21)27-8-7-16(28)23-20(27)29)10-26-9-13(24-25-26)11-30-14-5-3-12(22)4-6-14/h3-9,15,17-19H,10-11H2,1-2H3,(H,23,28,29)/t15-,17-,18-,19-/m1/s1. The van der Waals surface area contributed by atoms with Gasteiger partial charge in [-0.15, -0.1) is 5.10 Å². The lowest BCUT2D eigenvalue weighted by Gasteiger charge is -2.24. The first kappa shape index (κ1) is 21.8. The van der Waals surface area contributed by atoms with E-state index in [0.29, 0.717) is 23.0 Å². The van der Waals surface area contributed by atoms with E-state index < -0.39 is 41.6 Å². The number of H-pyrrole nitrogens is 1. The maximum absolute atomic E-state index is 12.3. The minimum Gasteiger partial charge on any atom is -0.487 e. The highest BCUT2D eigenvalue weighted by molar-refractivity contribution is 6.30. The molecule has 0 aliphatic carbocycles. The monoisotopic (exact) mass is 475 g/mol. The van der Waals surface area contributed by atoms with Crippen LogP contribution in [-0.4, -0.2) is 48.6 Å². The molecule has 3 aromatic rings. The molecule has 11 nitrogen and oxygen atoms in total. The van der Waals surface area contributed by atoms with Gasteiger partial charge in [0.05, 0.1) is 12.7 Å². The molecule has 0 bridgehead atoms. The van der Waals surface area contributed by atoms with Gasteiger partial charge in [-0.2, -0.15) is 0 Å². The first-order valence-corrected chi connectivity index (χ1v) is 10.8. The van der Waals surface area contributed by atoms with E-state index in [1.807, 2.05) is 0 Å². The molecule has 1 aromatic carbocycles. The lowest BCUT2D eigenvalue weighted by molar-refractivity contribution is -0.198. The Morgan fingerprint density at radius 1 is 1.15 bits per heavy atom. The maximum Gasteiger partial charge on any atom is 0.330 e. The average Bonchev–Trinajstić information content (AvgIpc) is 3.42. The van der Waals surface area contributed by atoms with Crippen LogP contribution in [0, 0.1) is 0 Å². The van der Waals surface area contributed by atoms with Crippen molar-refractivity contribution in [3.63, 3.8) is 0 Å². The quantitative estimate of drug-likeness (QED) is 0.568. The van der Waals surface area contributed by atoms with Crippen molar-refractivity contribution in [2.24, 2.45) is 0 Å². The van der Waals surface area contributed by atoms with E-state index in [0.717, 1.165) is 0 Å². The third-order valence-electron chi connectivity index (χ3n) is 5.40. The fourth-order valence-corrected chi connectivity index (χ4v) is 4.15. The van der Waals surface area contributed by atoms with Crippen LogP contribution in [0.5, 0.6) is 5.75 Å². The van der Waals surface area contributed by atoms with Gasteiger partial charge in [0, 0.05) is 17.3 Å². The molecule has 5 rings (SSSR count). The van der Waals surface area contributed by atoms with Gasteiger partial charge >= 0.3 is 5.69 Å². The molecule has 2 aliphatic heterocycles. The molecule has 2 fully saturated rings. The Balaban J connectivity index is 1.30. The topological polar surface area (TPSA) is 122 Å². The highest BCUT2D eigenvalue weighted by atomic mass is 35.5. The zero-order chi connectivity index (χ0) is 23.2. The summed E-state index contributed by atoms with van der Waals surface area (Å²) in [5, 5.41) is 8.93. The van der Waals surface area contributed by atoms with Crippen LogP contribution in [0.3, 0.4) is 0 Å². The number of nitrogens with zero attached hydrogens (tertiary/aromatic N) is 4. The van der Waals surface area contributed by atoms with Crippen LogP contribution in [0.25, 0.3) is 0 Å². The number of hydrogen-bond donors (Lipinski definition) is 1. The van der Waals surface area contributed by atoms with Gasteiger partial charge in [-0.05, 0) is 38.1 Å². The number of aromatic amines is 1. The van der Waals surface area contributed by atoms with Gasteiger partial charge in [0.25, 0.3) is 5.56 Å². The predicted molar refractivity (Wildman–Crippen MR) is 115 cm³/mol. The fraction of sp³-hybridized carbons (Fsp3) is 0.429. The molecule has 12 heteroatoms. The Morgan fingerprint density at radius 3 is 2.67 bits per heavy atom. The molecule has 1 N–H and O–H groups in total. The first-order valence-electron chi connectivity index (χ1n) is 10.4. The Labute approximate surface area is 192 Å². The van der Waals surface area contributed by atoms with Crippen molar-refractivity contribution >= 4 is 11.6 Å². The second-order valence-electron chi connectivity index (χ2n) is 8.32. The summed E-state index contributed by atoms with van der Waals surface area (Å²) in [5.41, 5.74) is -0.429. The molecule has 0 amide bonds. The van der Waals surface area contributed by atoms with Crippen LogP contribution in [0.2, 0.25) is 5.02 Å². The molecular weight excluding hydrogens is 454 g/mol. The first-order chi connectivity index (χ1) is 15.8. The highest BCUT2D eigenvalue weighted by Crippen LogP contribution is 2.42. The number of benzene rings is 1. The Kier molecular flexibility index (Phi) is 5.57. The van der Waals surface area contributed by atoms with Gasteiger partial charge in [-0.25, -0.2) is 9.48 Å². The summed E-state index contributed by atoms with van der Waals surface area (Å²) >= 11 is 5.89. The van der Waals surface area contributed by atoms with Crippen molar-refractivity contribution in [2.45, 2.75) is 57.3 Å². The Hall–Kier alpha value is -2.99. The molecule has 2 saturated heterocycles. The van der Waals surface area contributed by atoms with E-state index in [1.54, 1.807) is 49.0 Å². The molecular formula is C21H22ClN5O6. The Bertz CT molecular complexity index is 1250. The number of fused-ring (bicyclic) bond motifs is 1. The zero-order valence-electron chi connectivity index (χ0n) is 17.9.